The van der Waals surface area contributed by atoms with E-state index in [4.69, 9.17) is 4.18 Å². The number of carbonyl (C=O) groups excluding carboxylic acids is 1. The van der Waals surface area contributed by atoms with Crippen molar-refractivity contribution in [2.45, 2.75) is 58.3 Å². The third-order valence-corrected chi connectivity index (χ3v) is 6.98. The quantitative estimate of drug-likeness (QED) is 0.674. The van der Waals surface area contributed by atoms with E-state index in [1.165, 1.54) is 32.1 Å². The van der Waals surface area contributed by atoms with E-state index in [1.54, 1.807) is 6.92 Å². The van der Waals surface area contributed by atoms with Crippen LogP contribution >= 0.6 is 0 Å². The van der Waals surface area contributed by atoms with Gasteiger partial charge in [0.1, 0.15) is 5.78 Å². The number of Topliss-reactive ketones (excluding diaryl/α,β-unsaturated/α-hetero) is 1. The molecule has 4 aliphatic rings. The van der Waals surface area contributed by atoms with Crippen LogP contribution in [0.2, 0.25) is 0 Å². The van der Waals surface area contributed by atoms with E-state index in [-0.39, 0.29) is 11.2 Å². The summed E-state index contributed by atoms with van der Waals surface area (Å²) in [6.45, 7) is 1.98. The van der Waals surface area contributed by atoms with E-state index in [2.05, 4.69) is 0 Å². The van der Waals surface area contributed by atoms with E-state index in [1.807, 2.05) is 0 Å². The van der Waals surface area contributed by atoms with E-state index in [0.717, 1.165) is 36.9 Å². The van der Waals surface area contributed by atoms with Gasteiger partial charge in [-0.15, -0.1) is 0 Å². The zero-order chi connectivity index (χ0) is 16.0. The van der Waals surface area contributed by atoms with Crippen LogP contribution in [0, 0.1) is 29.1 Å². The third kappa shape index (κ3) is 3.40. The highest BCUT2D eigenvalue weighted by Crippen LogP contribution is 2.65. The first-order valence-electron chi connectivity index (χ1n) is 8.61. The first-order chi connectivity index (χ1) is 10.3. The second kappa shape index (κ2) is 5.90. The number of hydrogen-bond acceptors (Lipinski definition) is 4. The Labute approximate surface area is 134 Å². The first-order valence-corrected chi connectivity index (χ1v) is 10.4. The molecule has 5 heteroatoms. The molecule has 22 heavy (non-hydrogen) atoms. The molecule has 0 aromatic heterocycles. The lowest BCUT2D eigenvalue weighted by molar-refractivity contribution is -0.127. The summed E-state index contributed by atoms with van der Waals surface area (Å²) in [5.74, 6) is 3.26. The minimum absolute atomic E-state index is 0.231. The minimum Gasteiger partial charge on any atom is -0.300 e. The molecule has 0 aliphatic heterocycles. The molecule has 0 heterocycles. The van der Waals surface area contributed by atoms with Crippen LogP contribution in [0.3, 0.4) is 0 Å². The standard InChI is InChI=1S/C17H28O4S/c1-12(18)3-4-16-15-8-13-7-14(9-15)11-17(16,10-13)5-6-21-22(2,19)20/h13-16H,3-11H2,1-2H3/t13-,14+,15?,16?,17?. The molecule has 0 aromatic rings. The first kappa shape index (κ1) is 16.4. The molecule has 0 amide bonds. The van der Waals surface area contributed by atoms with Crippen molar-refractivity contribution in [2.24, 2.45) is 29.1 Å². The Morgan fingerprint density at radius 2 is 1.82 bits per heavy atom. The summed E-state index contributed by atoms with van der Waals surface area (Å²) in [6.07, 6.45) is 10.1. The van der Waals surface area contributed by atoms with Gasteiger partial charge in [0.25, 0.3) is 10.1 Å². The Balaban J connectivity index is 1.73. The van der Waals surface area contributed by atoms with Crippen molar-refractivity contribution in [3.05, 3.63) is 0 Å². The highest BCUT2D eigenvalue weighted by molar-refractivity contribution is 7.85. The van der Waals surface area contributed by atoms with E-state index >= 15 is 0 Å². The van der Waals surface area contributed by atoms with Gasteiger partial charge in [0.15, 0.2) is 0 Å². The summed E-state index contributed by atoms with van der Waals surface area (Å²) < 4.78 is 27.5. The van der Waals surface area contributed by atoms with Gasteiger partial charge in [0, 0.05) is 6.42 Å². The summed E-state index contributed by atoms with van der Waals surface area (Å²) in [6, 6.07) is 0. The van der Waals surface area contributed by atoms with Gasteiger partial charge < -0.3 is 4.79 Å². The van der Waals surface area contributed by atoms with Gasteiger partial charge >= 0.3 is 0 Å². The lowest BCUT2D eigenvalue weighted by Gasteiger charge is -2.62. The molecule has 4 aliphatic carbocycles. The fourth-order valence-electron chi connectivity index (χ4n) is 6.00. The Kier molecular flexibility index (Phi) is 4.41. The normalized spacial score (nSPS) is 40.1. The van der Waals surface area contributed by atoms with Crippen LogP contribution in [0.25, 0.3) is 0 Å². The van der Waals surface area contributed by atoms with Gasteiger partial charge in [-0.2, -0.15) is 8.42 Å². The number of carbonyl (C=O) groups is 1. The molecular weight excluding hydrogens is 300 g/mol. The van der Waals surface area contributed by atoms with Gasteiger partial charge in [-0.05, 0) is 81.0 Å². The van der Waals surface area contributed by atoms with Crippen LogP contribution in [-0.4, -0.2) is 27.1 Å². The SMILES string of the molecule is CC(=O)CCC1C2C[C@@H]3C[C@H](C2)CC1(CCOS(C)(=O)=O)C3. The van der Waals surface area contributed by atoms with Crippen LogP contribution in [0.4, 0.5) is 0 Å². The molecule has 0 aromatic carbocycles. The van der Waals surface area contributed by atoms with Gasteiger partial charge in [-0.1, -0.05) is 0 Å². The molecule has 0 saturated heterocycles. The van der Waals surface area contributed by atoms with Gasteiger partial charge in [-0.25, -0.2) is 0 Å². The minimum atomic E-state index is -3.36. The molecule has 5 atom stereocenters. The smallest absolute Gasteiger partial charge is 0.264 e. The van der Waals surface area contributed by atoms with Crippen LogP contribution in [0.15, 0.2) is 0 Å². The van der Waals surface area contributed by atoms with Crippen molar-refractivity contribution in [3.63, 3.8) is 0 Å². The molecule has 0 spiro atoms. The molecule has 4 nitrogen and oxygen atoms in total. The topological polar surface area (TPSA) is 60.4 Å². The Bertz CT molecular complexity index is 525. The van der Waals surface area contributed by atoms with Crippen LogP contribution in [0.1, 0.15) is 58.3 Å². The Morgan fingerprint density at radius 3 is 2.36 bits per heavy atom. The van der Waals surface area contributed by atoms with Gasteiger partial charge in [0.2, 0.25) is 0 Å². The lowest BCUT2D eigenvalue weighted by atomic mass is 9.43. The molecule has 3 unspecified atom stereocenters. The predicted molar refractivity (Wildman–Crippen MR) is 84.8 cm³/mol. The highest BCUT2D eigenvalue weighted by Gasteiger charge is 2.56. The maximum atomic E-state index is 11.4. The van der Waals surface area contributed by atoms with Crippen molar-refractivity contribution in [3.8, 4) is 0 Å². The van der Waals surface area contributed by atoms with Crippen LogP contribution in [0.5, 0.6) is 0 Å². The zero-order valence-electron chi connectivity index (χ0n) is 13.7. The average molecular weight is 328 g/mol. The van der Waals surface area contributed by atoms with Crippen molar-refractivity contribution >= 4 is 15.9 Å². The molecule has 0 radical (unpaired) electrons. The third-order valence-electron chi connectivity index (χ3n) is 6.39. The summed E-state index contributed by atoms with van der Waals surface area (Å²) in [5.41, 5.74) is 0.231. The Hall–Kier alpha value is -0.420. The molecular formula is C17H28O4S. The average Bonchev–Trinajstić information content (AvgIpc) is 2.34. The largest absolute Gasteiger partial charge is 0.300 e. The maximum Gasteiger partial charge on any atom is 0.264 e. The summed E-state index contributed by atoms with van der Waals surface area (Å²) in [7, 11) is -3.36. The molecule has 4 rings (SSSR count). The van der Waals surface area contributed by atoms with Crippen molar-refractivity contribution in [2.75, 3.05) is 12.9 Å². The summed E-state index contributed by atoms with van der Waals surface area (Å²) in [4.78, 5) is 11.4. The number of rotatable bonds is 7. The highest BCUT2D eigenvalue weighted by atomic mass is 32.2. The monoisotopic (exact) mass is 328 g/mol. The fraction of sp³-hybridized carbons (Fsp3) is 0.941. The lowest BCUT2D eigenvalue weighted by Crippen LogP contribution is -2.53. The van der Waals surface area contributed by atoms with Crippen molar-refractivity contribution < 1.29 is 17.4 Å². The summed E-state index contributed by atoms with van der Waals surface area (Å²) >= 11 is 0. The van der Waals surface area contributed by atoms with Crippen LogP contribution in [-0.2, 0) is 19.1 Å². The van der Waals surface area contributed by atoms with E-state index < -0.39 is 10.1 Å². The van der Waals surface area contributed by atoms with Gasteiger partial charge in [-0.3, -0.25) is 4.18 Å². The Morgan fingerprint density at radius 1 is 1.18 bits per heavy atom. The van der Waals surface area contributed by atoms with E-state index in [9.17, 15) is 13.2 Å². The van der Waals surface area contributed by atoms with Crippen molar-refractivity contribution in [1.29, 1.82) is 0 Å². The second-order valence-corrected chi connectivity index (χ2v) is 9.74. The summed E-state index contributed by atoms with van der Waals surface area (Å²) in [5, 5.41) is 0. The molecule has 4 saturated carbocycles. The predicted octanol–water partition coefficient (Wildman–Crippen LogP) is 3.16. The van der Waals surface area contributed by atoms with Gasteiger partial charge in [0.05, 0.1) is 12.9 Å². The van der Waals surface area contributed by atoms with Crippen LogP contribution < -0.4 is 0 Å². The second-order valence-electron chi connectivity index (χ2n) is 8.09. The molecule has 126 valence electrons. The maximum absolute atomic E-state index is 11.4. The molecule has 0 N–H and O–H groups in total. The molecule has 4 fully saturated rings. The van der Waals surface area contributed by atoms with Crippen molar-refractivity contribution in [1.82, 2.24) is 0 Å². The number of ketones is 1. The molecule has 4 bridgehead atoms. The zero-order valence-corrected chi connectivity index (χ0v) is 14.5. The van der Waals surface area contributed by atoms with E-state index in [0.29, 0.717) is 18.9 Å². The fourth-order valence-corrected chi connectivity index (χ4v) is 6.39. The number of hydrogen-bond donors (Lipinski definition) is 0.